The maximum absolute atomic E-state index is 13.0. The zero-order chi connectivity index (χ0) is 19.6. The molecule has 2 aromatic heterocycles. The van der Waals surface area contributed by atoms with Crippen molar-refractivity contribution in [3.63, 3.8) is 0 Å². The Morgan fingerprint density at radius 3 is 2.44 bits per heavy atom. The van der Waals surface area contributed by atoms with Crippen molar-refractivity contribution < 1.29 is 18.3 Å². The predicted molar refractivity (Wildman–Crippen MR) is 94.0 cm³/mol. The molecule has 0 aromatic carbocycles. The van der Waals surface area contributed by atoms with Crippen LogP contribution in [-0.4, -0.2) is 43.7 Å². The fourth-order valence-corrected chi connectivity index (χ4v) is 2.51. The second-order valence-electron chi connectivity index (χ2n) is 6.71. The highest BCUT2D eigenvalue weighted by molar-refractivity contribution is 5.54. The Morgan fingerprint density at radius 2 is 1.81 bits per heavy atom. The van der Waals surface area contributed by atoms with E-state index < -0.39 is 18.0 Å². The average Bonchev–Trinajstić information content (AvgIpc) is 3.44. The molecule has 1 fully saturated rings. The van der Waals surface area contributed by atoms with Gasteiger partial charge in [-0.2, -0.15) is 28.1 Å². The molecule has 2 atom stereocenters. The van der Waals surface area contributed by atoms with Gasteiger partial charge in [-0.25, -0.2) is 4.98 Å². The molecule has 27 heavy (non-hydrogen) atoms. The molecule has 0 amide bonds. The Kier molecular flexibility index (Phi) is 5.45. The first-order valence-corrected chi connectivity index (χ1v) is 8.71. The second kappa shape index (κ2) is 7.63. The van der Waals surface area contributed by atoms with E-state index in [1.54, 1.807) is 6.92 Å². The summed E-state index contributed by atoms with van der Waals surface area (Å²) in [6.07, 6.45) is -2.96. The standard InChI is InChI=1S/C17H21F3N6O/c1-9(27)8-21-15-24-14(12-4-3-5-13(23-12)17(18,19)20)25-16(26-15)22-10(2)11-6-7-11/h3-5,9-11,27H,6-8H2,1-2H3,(H2,21,22,24,25,26). The number of nitrogens with one attached hydrogen (secondary N) is 2. The molecule has 1 aliphatic rings. The van der Waals surface area contributed by atoms with Crippen molar-refractivity contribution in [3.05, 3.63) is 23.9 Å². The lowest BCUT2D eigenvalue weighted by atomic mass is 10.2. The predicted octanol–water partition coefficient (Wildman–Crippen LogP) is 2.96. The van der Waals surface area contributed by atoms with E-state index in [-0.39, 0.29) is 36.0 Å². The van der Waals surface area contributed by atoms with Gasteiger partial charge in [0, 0.05) is 12.6 Å². The van der Waals surface area contributed by atoms with Crippen LogP contribution in [0.3, 0.4) is 0 Å². The van der Waals surface area contributed by atoms with Crippen molar-refractivity contribution in [2.45, 2.75) is 45.0 Å². The number of rotatable bonds is 7. The van der Waals surface area contributed by atoms with Gasteiger partial charge >= 0.3 is 6.18 Å². The van der Waals surface area contributed by atoms with Crippen molar-refractivity contribution in [3.8, 4) is 11.5 Å². The lowest BCUT2D eigenvalue weighted by molar-refractivity contribution is -0.141. The molecule has 0 saturated heterocycles. The number of hydrogen-bond donors (Lipinski definition) is 3. The molecule has 3 N–H and O–H groups in total. The highest BCUT2D eigenvalue weighted by Gasteiger charge is 2.33. The van der Waals surface area contributed by atoms with E-state index in [9.17, 15) is 18.3 Å². The summed E-state index contributed by atoms with van der Waals surface area (Å²) >= 11 is 0. The maximum Gasteiger partial charge on any atom is 0.433 e. The normalized spacial score (nSPS) is 16.7. The van der Waals surface area contributed by atoms with Crippen LogP contribution in [0.25, 0.3) is 11.5 Å². The van der Waals surface area contributed by atoms with E-state index in [0.29, 0.717) is 5.92 Å². The average molecular weight is 382 g/mol. The van der Waals surface area contributed by atoms with Crippen LogP contribution in [0, 0.1) is 5.92 Å². The third kappa shape index (κ3) is 5.25. The van der Waals surface area contributed by atoms with Gasteiger partial charge in [0.1, 0.15) is 11.4 Å². The van der Waals surface area contributed by atoms with Crippen LogP contribution in [0.5, 0.6) is 0 Å². The molecule has 3 rings (SSSR count). The number of aliphatic hydroxyl groups is 1. The number of anilines is 2. The summed E-state index contributed by atoms with van der Waals surface area (Å²) in [5.41, 5.74) is -1.02. The van der Waals surface area contributed by atoms with Gasteiger partial charge in [0.2, 0.25) is 11.9 Å². The van der Waals surface area contributed by atoms with Gasteiger partial charge in [0.25, 0.3) is 0 Å². The topological polar surface area (TPSA) is 95.8 Å². The van der Waals surface area contributed by atoms with E-state index in [1.165, 1.54) is 12.1 Å². The van der Waals surface area contributed by atoms with Crippen molar-refractivity contribution in [2.24, 2.45) is 5.92 Å². The van der Waals surface area contributed by atoms with Crippen LogP contribution in [0.1, 0.15) is 32.4 Å². The smallest absolute Gasteiger partial charge is 0.392 e. The van der Waals surface area contributed by atoms with Gasteiger partial charge in [-0.15, -0.1) is 0 Å². The first-order valence-electron chi connectivity index (χ1n) is 8.71. The van der Waals surface area contributed by atoms with Crippen LogP contribution in [0.4, 0.5) is 25.1 Å². The summed E-state index contributed by atoms with van der Waals surface area (Å²) in [7, 11) is 0. The number of alkyl halides is 3. The second-order valence-corrected chi connectivity index (χ2v) is 6.71. The molecule has 0 bridgehead atoms. The van der Waals surface area contributed by atoms with Crippen molar-refractivity contribution in [1.82, 2.24) is 19.9 Å². The van der Waals surface area contributed by atoms with Gasteiger partial charge < -0.3 is 15.7 Å². The highest BCUT2D eigenvalue weighted by Crippen LogP contribution is 2.34. The first kappa shape index (κ1) is 19.3. The molecule has 1 aliphatic carbocycles. The minimum absolute atomic E-state index is 0.00514. The Bertz CT molecular complexity index is 794. The van der Waals surface area contributed by atoms with E-state index >= 15 is 0 Å². The fourth-order valence-electron chi connectivity index (χ4n) is 2.51. The summed E-state index contributed by atoms with van der Waals surface area (Å²) in [5.74, 6) is 0.970. The summed E-state index contributed by atoms with van der Waals surface area (Å²) in [5, 5.41) is 15.5. The van der Waals surface area contributed by atoms with Gasteiger partial charge in [-0.1, -0.05) is 6.07 Å². The number of aromatic nitrogens is 4. The summed E-state index contributed by atoms with van der Waals surface area (Å²) in [6.45, 7) is 3.79. The molecule has 10 heteroatoms. The zero-order valence-electron chi connectivity index (χ0n) is 15.0. The van der Waals surface area contributed by atoms with Crippen LogP contribution in [0.2, 0.25) is 0 Å². The molecule has 0 aliphatic heterocycles. The van der Waals surface area contributed by atoms with Crippen LogP contribution in [-0.2, 0) is 6.18 Å². The van der Waals surface area contributed by atoms with Gasteiger partial charge in [-0.3, -0.25) is 0 Å². The van der Waals surface area contributed by atoms with Crippen LogP contribution < -0.4 is 10.6 Å². The summed E-state index contributed by atoms with van der Waals surface area (Å²) in [6, 6.07) is 3.71. The molecule has 7 nitrogen and oxygen atoms in total. The minimum atomic E-state index is -4.56. The van der Waals surface area contributed by atoms with Gasteiger partial charge in [0.05, 0.1) is 6.10 Å². The van der Waals surface area contributed by atoms with Crippen molar-refractivity contribution in [1.29, 1.82) is 0 Å². The van der Waals surface area contributed by atoms with Gasteiger partial charge in [0.15, 0.2) is 5.82 Å². The van der Waals surface area contributed by atoms with E-state index in [2.05, 4.69) is 30.6 Å². The maximum atomic E-state index is 13.0. The van der Waals surface area contributed by atoms with E-state index in [4.69, 9.17) is 0 Å². The molecule has 1 saturated carbocycles. The number of aliphatic hydroxyl groups excluding tert-OH is 1. The quantitative estimate of drug-likeness (QED) is 0.677. The zero-order valence-corrected chi connectivity index (χ0v) is 15.0. The Hall–Kier alpha value is -2.49. The van der Waals surface area contributed by atoms with Crippen LogP contribution >= 0.6 is 0 Å². The molecule has 0 radical (unpaired) electrons. The fraction of sp³-hybridized carbons (Fsp3) is 0.529. The van der Waals surface area contributed by atoms with Crippen molar-refractivity contribution in [2.75, 3.05) is 17.2 Å². The first-order chi connectivity index (χ1) is 12.7. The Labute approximate surface area is 154 Å². The Morgan fingerprint density at radius 1 is 1.11 bits per heavy atom. The molecular formula is C17H21F3N6O. The molecule has 0 spiro atoms. The minimum Gasteiger partial charge on any atom is -0.392 e. The van der Waals surface area contributed by atoms with Crippen molar-refractivity contribution >= 4 is 11.9 Å². The molecular weight excluding hydrogens is 361 g/mol. The largest absolute Gasteiger partial charge is 0.433 e. The molecule has 2 heterocycles. The lowest BCUT2D eigenvalue weighted by Gasteiger charge is -2.15. The number of hydrogen-bond acceptors (Lipinski definition) is 7. The Balaban J connectivity index is 1.93. The van der Waals surface area contributed by atoms with Gasteiger partial charge in [-0.05, 0) is 44.7 Å². The van der Waals surface area contributed by atoms with Crippen LogP contribution in [0.15, 0.2) is 18.2 Å². The number of halogens is 3. The third-order valence-electron chi connectivity index (χ3n) is 4.15. The lowest BCUT2D eigenvalue weighted by Crippen LogP contribution is -2.22. The SMILES string of the molecule is CC(O)CNc1nc(NC(C)C2CC2)nc(-c2cccc(C(F)(F)F)n2)n1. The highest BCUT2D eigenvalue weighted by atomic mass is 19.4. The number of pyridine rings is 1. The van der Waals surface area contributed by atoms with E-state index in [0.717, 1.165) is 18.9 Å². The monoisotopic (exact) mass is 382 g/mol. The molecule has 2 unspecified atom stereocenters. The molecule has 2 aromatic rings. The number of nitrogens with zero attached hydrogens (tertiary/aromatic N) is 4. The summed E-state index contributed by atoms with van der Waals surface area (Å²) in [4.78, 5) is 16.3. The van der Waals surface area contributed by atoms with E-state index in [1.807, 2.05) is 6.92 Å². The third-order valence-corrected chi connectivity index (χ3v) is 4.15. The molecule has 146 valence electrons. The summed E-state index contributed by atoms with van der Waals surface area (Å²) < 4.78 is 38.9.